The maximum Gasteiger partial charge on any atom is 0.240 e. The van der Waals surface area contributed by atoms with Gasteiger partial charge in [-0.3, -0.25) is 9.10 Å². The highest BCUT2D eigenvalue weighted by Gasteiger charge is 2.22. The lowest BCUT2D eigenvalue weighted by molar-refractivity contribution is -0.119. The number of hydrogen-bond donors (Lipinski definition) is 1. The molecule has 1 aromatic carbocycles. The highest BCUT2D eigenvalue weighted by atomic mass is 32.2. The largest absolute Gasteiger partial charge is 0.468 e. The average molecular weight is 411 g/mol. The summed E-state index contributed by atoms with van der Waals surface area (Å²) in [5.74, 6) is 2.32. The standard InChI is InChI=1S/C19H26N2O4S2/c1-3-16-8-4-5-10-18(16)21(27(2,23)24)14-19(22)20-11-7-13-26-15-17-9-6-12-25-17/h4-6,8-10,12H,3,7,11,13-15H2,1-2H3,(H,20,22). The number of sulfonamides is 1. The number of benzene rings is 1. The van der Waals surface area contributed by atoms with Crippen molar-refractivity contribution < 1.29 is 17.6 Å². The van der Waals surface area contributed by atoms with E-state index in [1.54, 1.807) is 30.2 Å². The molecule has 0 aliphatic carbocycles. The van der Waals surface area contributed by atoms with Gasteiger partial charge in [-0.2, -0.15) is 11.8 Å². The van der Waals surface area contributed by atoms with Crippen molar-refractivity contribution in [3.05, 3.63) is 54.0 Å². The molecule has 0 aliphatic heterocycles. The number of hydrogen-bond acceptors (Lipinski definition) is 5. The molecule has 148 valence electrons. The molecule has 1 aromatic heterocycles. The van der Waals surface area contributed by atoms with Gasteiger partial charge in [0.25, 0.3) is 0 Å². The van der Waals surface area contributed by atoms with Gasteiger partial charge in [0.15, 0.2) is 0 Å². The summed E-state index contributed by atoms with van der Waals surface area (Å²) in [4.78, 5) is 12.3. The van der Waals surface area contributed by atoms with Gasteiger partial charge in [-0.1, -0.05) is 25.1 Å². The number of nitrogens with zero attached hydrogens (tertiary/aromatic N) is 1. The van der Waals surface area contributed by atoms with Crippen molar-refractivity contribution in [1.29, 1.82) is 0 Å². The Bertz CT molecular complexity index is 820. The van der Waals surface area contributed by atoms with Crippen molar-refractivity contribution in [2.45, 2.75) is 25.5 Å². The first-order chi connectivity index (χ1) is 12.9. The second kappa shape index (κ2) is 10.4. The Morgan fingerprint density at radius 1 is 1.22 bits per heavy atom. The van der Waals surface area contributed by atoms with E-state index in [4.69, 9.17) is 4.42 Å². The SMILES string of the molecule is CCc1ccccc1N(CC(=O)NCCCSCc1ccco1)S(C)(=O)=O. The summed E-state index contributed by atoms with van der Waals surface area (Å²) in [5.41, 5.74) is 1.46. The molecule has 0 aliphatic rings. The topological polar surface area (TPSA) is 79.6 Å². The normalized spacial score (nSPS) is 11.3. The number of nitrogens with one attached hydrogen (secondary N) is 1. The molecule has 0 spiro atoms. The Balaban J connectivity index is 1.82. The minimum Gasteiger partial charge on any atom is -0.468 e. The molecular formula is C19H26N2O4S2. The summed E-state index contributed by atoms with van der Waals surface area (Å²) in [6, 6.07) is 11.0. The van der Waals surface area contributed by atoms with Crippen LogP contribution in [0.1, 0.15) is 24.7 Å². The first-order valence-corrected chi connectivity index (χ1v) is 11.8. The Morgan fingerprint density at radius 2 is 2.00 bits per heavy atom. The van der Waals surface area contributed by atoms with Crippen LogP contribution in [0.3, 0.4) is 0 Å². The number of para-hydroxylation sites is 1. The Kier molecular flexibility index (Phi) is 8.24. The van der Waals surface area contributed by atoms with E-state index in [0.717, 1.165) is 35.5 Å². The van der Waals surface area contributed by atoms with Crippen molar-refractivity contribution in [2.75, 3.05) is 29.4 Å². The van der Waals surface area contributed by atoms with Gasteiger partial charge in [-0.05, 0) is 42.4 Å². The number of carbonyl (C=O) groups excluding carboxylic acids is 1. The minimum absolute atomic E-state index is 0.213. The van der Waals surface area contributed by atoms with Crippen molar-refractivity contribution in [1.82, 2.24) is 5.32 Å². The van der Waals surface area contributed by atoms with E-state index >= 15 is 0 Å². The van der Waals surface area contributed by atoms with Crippen molar-refractivity contribution in [3.63, 3.8) is 0 Å². The first kappa shape index (κ1) is 21.4. The molecule has 0 fully saturated rings. The van der Waals surface area contributed by atoms with E-state index in [2.05, 4.69) is 5.32 Å². The zero-order chi connectivity index (χ0) is 19.7. The van der Waals surface area contributed by atoms with E-state index in [-0.39, 0.29) is 12.5 Å². The predicted octanol–water partition coefficient (Wildman–Crippen LogP) is 3.05. The monoisotopic (exact) mass is 410 g/mol. The Morgan fingerprint density at radius 3 is 2.67 bits per heavy atom. The fourth-order valence-electron chi connectivity index (χ4n) is 2.59. The smallest absolute Gasteiger partial charge is 0.240 e. The summed E-state index contributed by atoms with van der Waals surface area (Å²) in [7, 11) is -3.55. The number of aryl methyl sites for hydroxylation is 1. The predicted molar refractivity (Wildman–Crippen MR) is 111 cm³/mol. The summed E-state index contributed by atoms with van der Waals surface area (Å²) >= 11 is 1.73. The van der Waals surface area contributed by atoms with Crippen LogP contribution in [0.25, 0.3) is 0 Å². The van der Waals surface area contributed by atoms with Crippen LogP contribution in [0, 0.1) is 0 Å². The third-order valence-electron chi connectivity index (χ3n) is 3.94. The first-order valence-electron chi connectivity index (χ1n) is 8.84. The van der Waals surface area contributed by atoms with E-state index in [1.807, 2.05) is 31.2 Å². The van der Waals surface area contributed by atoms with E-state index in [0.29, 0.717) is 18.7 Å². The van der Waals surface area contributed by atoms with E-state index < -0.39 is 10.0 Å². The second-order valence-electron chi connectivity index (χ2n) is 6.09. The number of furan rings is 1. The summed E-state index contributed by atoms with van der Waals surface area (Å²) in [5, 5.41) is 2.80. The Hall–Kier alpha value is -1.93. The summed E-state index contributed by atoms with van der Waals surface area (Å²) in [6.07, 6.45) is 4.27. The number of rotatable bonds is 11. The van der Waals surface area contributed by atoms with Crippen LogP contribution in [0.5, 0.6) is 0 Å². The van der Waals surface area contributed by atoms with Gasteiger partial charge in [-0.25, -0.2) is 8.42 Å². The molecule has 0 saturated carbocycles. The van der Waals surface area contributed by atoms with Gasteiger partial charge in [0, 0.05) is 6.54 Å². The molecule has 0 radical (unpaired) electrons. The number of amides is 1. The number of carbonyl (C=O) groups is 1. The lowest BCUT2D eigenvalue weighted by Crippen LogP contribution is -2.41. The lowest BCUT2D eigenvalue weighted by Gasteiger charge is -2.24. The van der Waals surface area contributed by atoms with E-state index in [9.17, 15) is 13.2 Å². The molecule has 1 amide bonds. The fourth-order valence-corrected chi connectivity index (χ4v) is 4.34. The second-order valence-corrected chi connectivity index (χ2v) is 9.10. The molecular weight excluding hydrogens is 384 g/mol. The molecule has 1 N–H and O–H groups in total. The summed E-state index contributed by atoms with van der Waals surface area (Å²) in [6.45, 7) is 2.26. The molecule has 0 bridgehead atoms. The van der Waals surface area contributed by atoms with E-state index in [1.165, 1.54) is 4.31 Å². The van der Waals surface area contributed by atoms with Gasteiger partial charge in [0.1, 0.15) is 12.3 Å². The van der Waals surface area contributed by atoms with Crippen LogP contribution in [0.2, 0.25) is 0 Å². The van der Waals surface area contributed by atoms with Crippen LogP contribution in [0.4, 0.5) is 5.69 Å². The molecule has 2 aromatic rings. The highest BCUT2D eigenvalue weighted by Crippen LogP contribution is 2.23. The quantitative estimate of drug-likeness (QED) is 0.576. The third kappa shape index (κ3) is 6.95. The summed E-state index contributed by atoms with van der Waals surface area (Å²) < 4.78 is 30.8. The molecule has 0 unspecified atom stereocenters. The van der Waals surface area contributed by atoms with Crippen LogP contribution in [0.15, 0.2) is 47.1 Å². The van der Waals surface area contributed by atoms with Crippen LogP contribution in [-0.4, -0.2) is 39.4 Å². The maximum atomic E-state index is 12.3. The van der Waals surface area contributed by atoms with Gasteiger partial charge in [-0.15, -0.1) is 0 Å². The number of anilines is 1. The average Bonchev–Trinajstić information content (AvgIpc) is 3.15. The number of thioether (sulfide) groups is 1. The van der Waals surface area contributed by atoms with Gasteiger partial charge in [0.05, 0.1) is 24.0 Å². The van der Waals surface area contributed by atoms with Gasteiger partial charge < -0.3 is 9.73 Å². The third-order valence-corrected chi connectivity index (χ3v) is 6.13. The zero-order valence-corrected chi connectivity index (χ0v) is 17.3. The van der Waals surface area contributed by atoms with Gasteiger partial charge >= 0.3 is 0 Å². The molecule has 27 heavy (non-hydrogen) atoms. The van der Waals surface area contributed by atoms with Crippen molar-refractivity contribution in [2.24, 2.45) is 0 Å². The molecule has 1 heterocycles. The molecule has 6 nitrogen and oxygen atoms in total. The lowest BCUT2D eigenvalue weighted by atomic mass is 10.1. The molecule has 8 heteroatoms. The Labute approximate surface area is 165 Å². The van der Waals surface area contributed by atoms with Crippen molar-refractivity contribution >= 4 is 33.4 Å². The molecule has 0 saturated heterocycles. The zero-order valence-electron chi connectivity index (χ0n) is 15.7. The van der Waals surface area contributed by atoms with Crippen LogP contribution < -0.4 is 9.62 Å². The van der Waals surface area contributed by atoms with Crippen molar-refractivity contribution in [3.8, 4) is 0 Å². The highest BCUT2D eigenvalue weighted by molar-refractivity contribution is 7.98. The minimum atomic E-state index is -3.55. The van der Waals surface area contributed by atoms with Crippen LogP contribution >= 0.6 is 11.8 Å². The molecule has 0 atom stereocenters. The molecule has 2 rings (SSSR count). The fraction of sp³-hybridized carbons (Fsp3) is 0.421. The van der Waals surface area contributed by atoms with Crippen LogP contribution in [-0.2, 0) is 27.0 Å². The maximum absolute atomic E-state index is 12.3. The van der Waals surface area contributed by atoms with Gasteiger partial charge in [0.2, 0.25) is 15.9 Å².